The van der Waals surface area contributed by atoms with E-state index in [9.17, 15) is 4.79 Å². The molecule has 6 heteroatoms. The summed E-state index contributed by atoms with van der Waals surface area (Å²) in [7, 11) is 1.37. The van der Waals surface area contributed by atoms with Gasteiger partial charge in [0.25, 0.3) is 0 Å². The monoisotopic (exact) mass is 284 g/mol. The molecule has 1 aromatic rings. The van der Waals surface area contributed by atoms with Crippen molar-refractivity contribution in [1.82, 2.24) is 4.98 Å². The largest absolute Gasteiger partial charge is 0.464 e. The van der Waals surface area contributed by atoms with Gasteiger partial charge in [0.2, 0.25) is 0 Å². The van der Waals surface area contributed by atoms with Gasteiger partial charge < -0.3 is 14.8 Å². The van der Waals surface area contributed by atoms with Crippen molar-refractivity contribution in [3.63, 3.8) is 0 Å². The molecule has 1 aliphatic heterocycles. The van der Waals surface area contributed by atoms with Gasteiger partial charge in [0.1, 0.15) is 0 Å². The molecule has 2 heterocycles. The quantitative estimate of drug-likeness (QED) is 0.842. The standard InChI is InChI=1S/C13H20N2O3S/c1-4-10-9(5-6-18-10)7-14-13-15-11(8(2)19-13)12(16)17-3/h9-10H,4-7H2,1-3H3,(H,14,15). The molecule has 0 spiro atoms. The van der Waals surface area contributed by atoms with Gasteiger partial charge in [0, 0.05) is 23.9 Å². The van der Waals surface area contributed by atoms with Crippen LogP contribution in [0.25, 0.3) is 0 Å². The van der Waals surface area contributed by atoms with Crippen molar-refractivity contribution < 1.29 is 14.3 Å². The number of carbonyl (C=O) groups is 1. The highest BCUT2D eigenvalue weighted by Gasteiger charge is 2.26. The third kappa shape index (κ3) is 3.25. The Labute approximate surface area is 117 Å². The summed E-state index contributed by atoms with van der Waals surface area (Å²) >= 11 is 1.49. The smallest absolute Gasteiger partial charge is 0.357 e. The molecule has 5 nitrogen and oxygen atoms in total. The molecule has 1 N–H and O–H groups in total. The average molecular weight is 284 g/mol. The fourth-order valence-electron chi connectivity index (χ4n) is 2.35. The van der Waals surface area contributed by atoms with Crippen LogP contribution in [-0.2, 0) is 9.47 Å². The van der Waals surface area contributed by atoms with Crippen molar-refractivity contribution in [3.8, 4) is 0 Å². The van der Waals surface area contributed by atoms with Crippen LogP contribution < -0.4 is 5.32 Å². The first-order valence-corrected chi connectivity index (χ1v) is 7.38. The Morgan fingerprint density at radius 1 is 1.63 bits per heavy atom. The Balaban J connectivity index is 1.95. The Hall–Kier alpha value is -1.14. The lowest BCUT2D eigenvalue weighted by molar-refractivity contribution is 0.0594. The fraction of sp³-hybridized carbons (Fsp3) is 0.692. The van der Waals surface area contributed by atoms with Gasteiger partial charge in [0.05, 0.1) is 13.2 Å². The van der Waals surface area contributed by atoms with Gasteiger partial charge in [-0.15, -0.1) is 11.3 Å². The van der Waals surface area contributed by atoms with Crippen LogP contribution in [0.15, 0.2) is 0 Å². The molecule has 0 bridgehead atoms. The Morgan fingerprint density at radius 2 is 2.42 bits per heavy atom. The number of nitrogens with one attached hydrogen (secondary N) is 1. The molecule has 19 heavy (non-hydrogen) atoms. The van der Waals surface area contributed by atoms with E-state index in [2.05, 4.69) is 17.2 Å². The van der Waals surface area contributed by atoms with Gasteiger partial charge >= 0.3 is 5.97 Å². The van der Waals surface area contributed by atoms with Gasteiger partial charge in [-0.2, -0.15) is 0 Å². The summed E-state index contributed by atoms with van der Waals surface area (Å²) in [5.41, 5.74) is 0.407. The van der Waals surface area contributed by atoms with E-state index in [1.54, 1.807) is 0 Å². The molecular weight excluding hydrogens is 264 g/mol. The third-order valence-electron chi connectivity index (χ3n) is 3.44. The molecule has 1 aromatic heterocycles. The normalized spacial score (nSPS) is 22.5. The number of hydrogen-bond donors (Lipinski definition) is 1. The Kier molecular flexibility index (Phi) is 4.76. The van der Waals surface area contributed by atoms with Crippen molar-refractivity contribution in [1.29, 1.82) is 0 Å². The lowest BCUT2D eigenvalue weighted by Crippen LogP contribution is -2.22. The SMILES string of the molecule is CCC1OCCC1CNc1nc(C(=O)OC)c(C)s1. The lowest BCUT2D eigenvalue weighted by atomic mass is 10.00. The first-order valence-electron chi connectivity index (χ1n) is 6.57. The second-order valence-corrected chi connectivity index (χ2v) is 5.87. The second-order valence-electron chi connectivity index (χ2n) is 4.66. The van der Waals surface area contributed by atoms with Gasteiger partial charge in [-0.3, -0.25) is 0 Å². The number of rotatable bonds is 5. The molecule has 2 rings (SSSR count). The molecule has 0 aromatic carbocycles. The maximum Gasteiger partial charge on any atom is 0.357 e. The zero-order chi connectivity index (χ0) is 13.8. The highest BCUT2D eigenvalue weighted by molar-refractivity contribution is 7.15. The van der Waals surface area contributed by atoms with Crippen LogP contribution >= 0.6 is 11.3 Å². The number of thiazole rings is 1. The van der Waals surface area contributed by atoms with E-state index in [1.165, 1.54) is 18.4 Å². The molecule has 1 fully saturated rings. The number of hydrogen-bond acceptors (Lipinski definition) is 6. The summed E-state index contributed by atoms with van der Waals surface area (Å²) in [5, 5.41) is 4.09. The molecule has 1 aliphatic rings. The summed E-state index contributed by atoms with van der Waals surface area (Å²) in [6, 6.07) is 0. The van der Waals surface area contributed by atoms with E-state index in [0.29, 0.717) is 17.7 Å². The van der Waals surface area contributed by atoms with E-state index >= 15 is 0 Å². The number of nitrogens with zero attached hydrogens (tertiary/aromatic N) is 1. The van der Waals surface area contributed by atoms with Gasteiger partial charge in [-0.1, -0.05) is 6.92 Å². The molecule has 2 unspecified atom stereocenters. The first-order chi connectivity index (χ1) is 9.15. The topological polar surface area (TPSA) is 60.5 Å². The number of aryl methyl sites for hydroxylation is 1. The van der Waals surface area contributed by atoms with Crippen LogP contribution in [-0.4, -0.2) is 37.3 Å². The van der Waals surface area contributed by atoms with E-state index in [4.69, 9.17) is 9.47 Å². The molecule has 0 aliphatic carbocycles. The summed E-state index contributed by atoms with van der Waals surface area (Å²) < 4.78 is 10.4. The number of aromatic nitrogens is 1. The maximum atomic E-state index is 11.5. The summed E-state index contributed by atoms with van der Waals surface area (Å²) in [6.07, 6.45) is 2.46. The number of carbonyl (C=O) groups excluding carboxylic acids is 1. The minimum Gasteiger partial charge on any atom is -0.464 e. The Morgan fingerprint density at radius 3 is 3.11 bits per heavy atom. The number of esters is 1. The van der Waals surface area contributed by atoms with Gasteiger partial charge in [-0.05, 0) is 19.8 Å². The minimum absolute atomic E-state index is 0.341. The number of ether oxygens (including phenoxy) is 2. The van der Waals surface area contributed by atoms with Gasteiger partial charge in [-0.25, -0.2) is 9.78 Å². The zero-order valence-electron chi connectivity index (χ0n) is 11.6. The molecule has 2 atom stereocenters. The van der Waals surface area contributed by atoms with Crippen LogP contribution in [0.5, 0.6) is 0 Å². The van der Waals surface area contributed by atoms with Crippen molar-refractivity contribution in [2.75, 3.05) is 25.6 Å². The van der Waals surface area contributed by atoms with Crippen molar-refractivity contribution in [2.24, 2.45) is 5.92 Å². The average Bonchev–Trinajstić information content (AvgIpc) is 3.01. The first kappa shape index (κ1) is 14.3. The molecular formula is C13H20N2O3S. The fourth-order valence-corrected chi connectivity index (χ4v) is 3.16. The molecule has 0 radical (unpaired) electrons. The van der Waals surface area contributed by atoms with Crippen molar-refractivity contribution >= 4 is 22.4 Å². The maximum absolute atomic E-state index is 11.5. The van der Waals surface area contributed by atoms with Crippen LogP contribution in [0, 0.1) is 12.8 Å². The van der Waals surface area contributed by atoms with Crippen molar-refractivity contribution in [3.05, 3.63) is 10.6 Å². The number of methoxy groups -OCH3 is 1. The van der Waals surface area contributed by atoms with E-state index in [1.807, 2.05) is 6.92 Å². The lowest BCUT2D eigenvalue weighted by Gasteiger charge is -2.16. The molecule has 106 valence electrons. The van der Waals surface area contributed by atoms with Crippen LogP contribution in [0.4, 0.5) is 5.13 Å². The third-order valence-corrected chi connectivity index (χ3v) is 4.37. The predicted octanol–water partition coefficient (Wildman–Crippen LogP) is 2.47. The van der Waals surface area contributed by atoms with Gasteiger partial charge in [0.15, 0.2) is 10.8 Å². The van der Waals surface area contributed by atoms with Crippen LogP contribution in [0.3, 0.4) is 0 Å². The predicted molar refractivity (Wildman–Crippen MR) is 74.8 cm³/mol. The molecule has 0 amide bonds. The Bertz CT molecular complexity index is 447. The van der Waals surface area contributed by atoms with E-state index in [-0.39, 0.29) is 5.97 Å². The van der Waals surface area contributed by atoms with Crippen LogP contribution in [0.2, 0.25) is 0 Å². The van der Waals surface area contributed by atoms with E-state index < -0.39 is 0 Å². The molecule has 1 saturated heterocycles. The van der Waals surface area contributed by atoms with Crippen LogP contribution in [0.1, 0.15) is 35.1 Å². The zero-order valence-corrected chi connectivity index (χ0v) is 12.4. The highest BCUT2D eigenvalue weighted by Crippen LogP contribution is 2.26. The summed E-state index contributed by atoms with van der Waals surface area (Å²) in [4.78, 5) is 16.6. The van der Waals surface area contributed by atoms with Crippen molar-refractivity contribution in [2.45, 2.75) is 32.8 Å². The summed E-state index contributed by atoms with van der Waals surface area (Å²) in [6.45, 7) is 5.70. The van der Waals surface area contributed by atoms with E-state index in [0.717, 1.165) is 36.0 Å². The number of anilines is 1. The second kappa shape index (κ2) is 6.34. The summed E-state index contributed by atoms with van der Waals surface area (Å²) in [5.74, 6) is 0.146. The minimum atomic E-state index is -0.377. The highest BCUT2D eigenvalue weighted by atomic mass is 32.1. The molecule has 0 saturated carbocycles.